The van der Waals surface area contributed by atoms with Crippen molar-refractivity contribution in [3.63, 3.8) is 0 Å². The molecule has 3 aliphatic rings. The van der Waals surface area contributed by atoms with Crippen molar-refractivity contribution in [1.29, 1.82) is 0 Å². The van der Waals surface area contributed by atoms with Gasteiger partial charge in [0.15, 0.2) is 0 Å². The highest BCUT2D eigenvalue weighted by molar-refractivity contribution is 5.50. The molecule has 1 saturated carbocycles. The van der Waals surface area contributed by atoms with Crippen molar-refractivity contribution in [2.45, 2.75) is 31.6 Å². The van der Waals surface area contributed by atoms with Crippen molar-refractivity contribution in [2.24, 2.45) is 11.8 Å². The van der Waals surface area contributed by atoms with Crippen LogP contribution in [0.25, 0.3) is 0 Å². The number of anilines is 1. The minimum atomic E-state index is 0.509. The van der Waals surface area contributed by atoms with Gasteiger partial charge in [-0.15, -0.1) is 0 Å². The SMILES string of the molecule is CC1CCN(c2ccc(C34CNCC3C4)cc2)CC1. The van der Waals surface area contributed by atoms with E-state index in [2.05, 4.69) is 41.4 Å². The van der Waals surface area contributed by atoms with Crippen molar-refractivity contribution >= 4 is 5.69 Å². The van der Waals surface area contributed by atoms with E-state index >= 15 is 0 Å². The van der Waals surface area contributed by atoms with Gasteiger partial charge in [-0.05, 0) is 55.3 Å². The highest BCUT2D eigenvalue weighted by atomic mass is 15.1. The molecule has 1 aromatic carbocycles. The van der Waals surface area contributed by atoms with Crippen LogP contribution in [0, 0.1) is 11.8 Å². The summed E-state index contributed by atoms with van der Waals surface area (Å²) in [5.41, 5.74) is 3.50. The van der Waals surface area contributed by atoms with Gasteiger partial charge in [0, 0.05) is 30.7 Å². The van der Waals surface area contributed by atoms with Gasteiger partial charge in [0.25, 0.3) is 0 Å². The first kappa shape index (κ1) is 11.8. The van der Waals surface area contributed by atoms with Gasteiger partial charge < -0.3 is 10.2 Å². The summed E-state index contributed by atoms with van der Waals surface area (Å²) in [5, 5.41) is 3.53. The van der Waals surface area contributed by atoms with Crippen LogP contribution in [-0.2, 0) is 5.41 Å². The number of hydrogen-bond acceptors (Lipinski definition) is 2. The van der Waals surface area contributed by atoms with Gasteiger partial charge in [0.2, 0.25) is 0 Å². The summed E-state index contributed by atoms with van der Waals surface area (Å²) in [6, 6.07) is 9.49. The summed E-state index contributed by atoms with van der Waals surface area (Å²) in [6.07, 6.45) is 4.09. The molecule has 1 aromatic rings. The fourth-order valence-electron chi connectivity index (χ4n) is 4.06. The monoisotopic (exact) mass is 256 g/mol. The van der Waals surface area contributed by atoms with Gasteiger partial charge >= 0.3 is 0 Å². The summed E-state index contributed by atoms with van der Waals surface area (Å²) in [6.45, 7) is 7.26. The lowest BCUT2D eigenvalue weighted by atomic mass is 9.94. The molecular weight excluding hydrogens is 232 g/mol. The van der Waals surface area contributed by atoms with E-state index in [-0.39, 0.29) is 0 Å². The van der Waals surface area contributed by atoms with E-state index in [0.29, 0.717) is 5.41 Å². The average molecular weight is 256 g/mol. The fourth-order valence-corrected chi connectivity index (χ4v) is 4.06. The molecule has 1 aliphatic carbocycles. The van der Waals surface area contributed by atoms with Gasteiger partial charge in [-0.25, -0.2) is 0 Å². The third-order valence-corrected chi connectivity index (χ3v) is 5.65. The van der Waals surface area contributed by atoms with E-state index in [0.717, 1.165) is 11.8 Å². The Labute approximate surface area is 116 Å². The van der Waals surface area contributed by atoms with Crippen LogP contribution in [0.15, 0.2) is 24.3 Å². The molecule has 19 heavy (non-hydrogen) atoms. The Morgan fingerprint density at radius 3 is 2.47 bits per heavy atom. The predicted octanol–water partition coefficient (Wildman–Crippen LogP) is 2.78. The third kappa shape index (κ3) is 1.88. The number of hydrogen-bond donors (Lipinski definition) is 1. The molecule has 0 radical (unpaired) electrons. The second-order valence-corrected chi connectivity index (χ2v) is 6.90. The second kappa shape index (κ2) is 4.24. The van der Waals surface area contributed by atoms with Crippen LogP contribution in [0.5, 0.6) is 0 Å². The third-order valence-electron chi connectivity index (χ3n) is 5.65. The van der Waals surface area contributed by atoms with Crippen LogP contribution < -0.4 is 10.2 Å². The van der Waals surface area contributed by atoms with Crippen LogP contribution in [0.3, 0.4) is 0 Å². The van der Waals surface area contributed by atoms with Crippen molar-refractivity contribution < 1.29 is 0 Å². The molecule has 2 heteroatoms. The molecule has 2 unspecified atom stereocenters. The van der Waals surface area contributed by atoms with Gasteiger partial charge in [0.05, 0.1) is 0 Å². The number of rotatable bonds is 2. The zero-order valence-electron chi connectivity index (χ0n) is 11.9. The minimum absolute atomic E-state index is 0.509. The van der Waals surface area contributed by atoms with Crippen molar-refractivity contribution in [3.8, 4) is 0 Å². The van der Waals surface area contributed by atoms with E-state index < -0.39 is 0 Å². The topological polar surface area (TPSA) is 15.3 Å². The molecule has 3 fully saturated rings. The first-order valence-corrected chi connectivity index (χ1v) is 7.84. The molecule has 0 aromatic heterocycles. The molecule has 0 spiro atoms. The maximum absolute atomic E-state index is 3.53. The zero-order valence-corrected chi connectivity index (χ0v) is 11.9. The number of piperidine rings is 2. The molecule has 0 bridgehead atoms. The lowest BCUT2D eigenvalue weighted by Crippen LogP contribution is -2.32. The van der Waals surface area contributed by atoms with Gasteiger partial charge in [-0.2, -0.15) is 0 Å². The highest BCUT2D eigenvalue weighted by Gasteiger charge is 2.57. The first-order valence-electron chi connectivity index (χ1n) is 7.84. The molecule has 2 nitrogen and oxygen atoms in total. The number of nitrogens with zero attached hydrogens (tertiary/aromatic N) is 1. The van der Waals surface area contributed by atoms with Gasteiger partial charge in [-0.1, -0.05) is 19.1 Å². The molecule has 0 amide bonds. The van der Waals surface area contributed by atoms with Crippen molar-refractivity contribution in [2.75, 3.05) is 31.1 Å². The normalized spacial score (nSPS) is 34.4. The summed E-state index contributed by atoms with van der Waals surface area (Å²) in [5.74, 6) is 1.82. The minimum Gasteiger partial charge on any atom is -0.372 e. The quantitative estimate of drug-likeness (QED) is 0.875. The van der Waals surface area contributed by atoms with E-state index in [1.807, 2.05) is 0 Å². The smallest absolute Gasteiger partial charge is 0.0366 e. The van der Waals surface area contributed by atoms with E-state index in [9.17, 15) is 0 Å². The molecule has 1 N–H and O–H groups in total. The maximum atomic E-state index is 3.53. The Hall–Kier alpha value is -1.02. The van der Waals surface area contributed by atoms with Crippen LogP contribution in [0.2, 0.25) is 0 Å². The predicted molar refractivity (Wildman–Crippen MR) is 79.7 cm³/mol. The Morgan fingerprint density at radius 1 is 1.16 bits per heavy atom. The number of nitrogens with one attached hydrogen (secondary N) is 1. The average Bonchev–Trinajstić information content (AvgIpc) is 3.02. The Kier molecular flexibility index (Phi) is 2.63. The van der Waals surface area contributed by atoms with Crippen LogP contribution in [-0.4, -0.2) is 26.2 Å². The summed E-state index contributed by atoms with van der Waals surface area (Å²) < 4.78 is 0. The Bertz CT molecular complexity index is 459. The molecule has 2 heterocycles. The first-order chi connectivity index (χ1) is 9.28. The lowest BCUT2D eigenvalue weighted by molar-refractivity contribution is 0.438. The van der Waals surface area contributed by atoms with Crippen LogP contribution in [0.1, 0.15) is 31.7 Å². The van der Waals surface area contributed by atoms with E-state index in [4.69, 9.17) is 0 Å². The van der Waals surface area contributed by atoms with Crippen molar-refractivity contribution in [1.82, 2.24) is 5.32 Å². The fraction of sp³-hybridized carbons (Fsp3) is 0.647. The molecular formula is C17H24N2. The van der Waals surface area contributed by atoms with Crippen molar-refractivity contribution in [3.05, 3.63) is 29.8 Å². The summed E-state index contributed by atoms with van der Waals surface area (Å²) in [4.78, 5) is 2.55. The molecule has 102 valence electrons. The van der Waals surface area contributed by atoms with Crippen LogP contribution in [0.4, 0.5) is 5.69 Å². The molecule has 2 atom stereocenters. The summed E-state index contributed by atoms with van der Waals surface area (Å²) in [7, 11) is 0. The van der Waals surface area contributed by atoms with E-state index in [1.54, 1.807) is 5.56 Å². The Morgan fingerprint density at radius 2 is 1.89 bits per heavy atom. The Balaban J connectivity index is 1.50. The maximum Gasteiger partial charge on any atom is 0.0366 e. The van der Waals surface area contributed by atoms with E-state index in [1.165, 1.54) is 51.1 Å². The van der Waals surface area contributed by atoms with Gasteiger partial charge in [-0.3, -0.25) is 0 Å². The molecule has 4 rings (SSSR count). The molecule has 2 aliphatic heterocycles. The summed E-state index contributed by atoms with van der Waals surface area (Å²) >= 11 is 0. The van der Waals surface area contributed by atoms with Crippen LogP contribution >= 0.6 is 0 Å². The number of benzene rings is 1. The highest BCUT2D eigenvalue weighted by Crippen LogP contribution is 2.56. The lowest BCUT2D eigenvalue weighted by Gasteiger charge is -2.32. The second-order valence-electron chi connectivity index (χ2n) is 6.90. The standard InChI is InChI=1S/C17H24N2/c1-13-6-8-19(9-7-13)16-4-2-14(3-5-16)17-10-15(17)11-18-12-17/h2-5,13,15,18H,6-12H2,1H3. The zero-order chi connectivity index (χ0) is 12.9. The number of fused-ring (bicyclic) bond motifs is 1. The largest absolute Gasteiger partial charge is 0.372 e. The molecule has 2 saturated heterocycles. The van der Waals surface area contributed by atoms with Gasteiger partial charge in [0.1, 0.15) is 0 Å².